The van der Waals surface area contributed by atoms with Crippen molar-refractivity contribution >= 4 is 47.2 Å². The van der Waals surface area contributed by atoms with E-state index in [1.165, 1.54) is 55.5 Å². The molecule has 1 aliphatic rings. The lowest BCUT2D eigenvalue weighted by molar-refractivity contribution is -0.141. The minimum Gasteiger partial charge on any atom is -0.480 e. The summed E-state index contributed by atoms with van der Waals surface area (Å²) in [6.07, 6.45) is 19.5. The molecule has 0 radical (unpaired) electrons. The summed E-state index contributed by atoms with van der Waals surface area (Å²) >= 11 is 1.74. The molecule has 0 N–H and O–H groups in total. The summed E-state index contributed by atoms with van der Waals surface area (Å²) in [5.74, 6) is -0.637. The average Bonchev–Trinajstić information content (AvgIpc) is 3.61. The molecule has 9 nitrogen and oxygen atoms in total. The number of hydrogen-bond donors (Lipinski definition) is 0. The van der Waals surface area contributed by atoms with Gasteiger partial charge in [-0.15, -0.1) is 11.3 Å². The Balaban J connectivity index is 2.04. The highest BCUT2D eigenvalue weighted by Crippen LogP contribution is 2.41. The van der Waals surface area contributed by atoms with Gasteiger partial charge in [0, 0.05) is 34.9 Å². The average molecular weight is 751 g/mol. The molecule has 286 valence electrons. The van der Waals surface area contributed by atoms with Crippen LogP contribution in [0, 0.1) is 34.0 Å². The molecule has 0 saturated heterocycles. The molecule has 2 aromatic rings. The number of thiophene rings is 1. The van der Waals surface area contributed by atoms with E-state index in [4.69, 9.17) is 14.2 Å². The Morgan fingerprint density at radius 3 is 1.76 bits per heavy atom. The molecule has 2 heterocycles. The Morgan fingerprint density at radius 2 is 1.30 bits per heavy atom. The van der Waals surface area contributed by atoms with Crippen LogP contribution in [0.2, 0.25) is 0 Å². The first-order valence-electron chi connectivity index (χ1n) is 19.0. The van der Waals surface area contributed by atoms with E-state index in [1.54, 1.807) is 11.3 Å². The molecule has 0 fully saturated rings. The van der Waals surface area contributed by atoms with E-state index >= 15 is 0 Å². The van der Waals surface area contributed by atoms with Crippen LogP contribution in [-0.4, -0.2) is 43.8 Å². The third kappa shape index (κ3) is 12.8. The molecule has 0 atom stereocenters. The standard InChI is InChI=1S/C44H54N4O5S/c1-7-9-11-13-15-37-38(16-14-12-10-8-2)42(24-22-40-39(31-47)43(35(29-45)30-46)53-44(40,5)6)54-41(37)23-19-34-17-20-36(21-18-34)48(25-27-51-32(3)49)26-28-52-33(4)50/h17-24H,7-16,25-28H2,1-6H3. The Bertz CT molecular complexity index is 1810. The van der Waals surface area contributed by atoms with Gasteiger partial charge >= 0.3 is 11.9 Å². The van der Waals surface area contributed by atoms with E-state index in [-0.39, 0.29) is 42.1 Å². The van der Waals surface area contributed by atoms with Crippen LogP contribution >= 0.6 is 11.3 Å². The second-order valence-electron chi connectivity index (χ2n) is 13.8. The summed E-state index contributed by atoms with van der Waals surface area (Å²) in [6, 6.07) is 14.1. The zero-order valence-electron chi connectivity index (χ0n) is 32.8. The lowest BCUT2D eigenvalue weighted by atomic mass is 9.93. The van der Waals surface area contributed by atoms with E-state index in [0.29, 0.717) is 18.7 Å². The van der Waals surface area contributed by atoms with Crippen LogP contribution in [0.4, 0.5) is 5.69 Å². The SMILES string of the molecule is CCCCCCc1c(C=CC2=C(C#N)C(=C(C#N)C#N)OC2(C)C)sc(C=Cc2ccc(N(CCOC(C)=O)CCOC(C)=O)cc2)c1CCCCCC. The molecule has 1 aliphatic heterocycles. The number of benzene rings is 1. The smallest absolute Gasteiger partial charge is 0.302 e. The maximum absolute atomic E-state index is 11.4. The van der Waals surface area contributed by atoms with Crippen LogP contribution in [0.3, 0.4) is 0 Å². The molecule has 3 rings (SSSR count). The van der Waals surface area contributed by atoms with Crippen molar-refractivity contribution in [3.8, 4) is 18.2 Å². The zero-order chi connectivity index (χ0) is 39.5. The van der Waals surface area contributed by atoms with Crippen LogP contribution in [0.25, 0.3) is 18.2 Å². The maximum atomic E-state index is 11.4. The topological polar surface area (TPSA) is 136 Å². The normalized spacial score (nSPS) is 13.4. The summed E-state index contributed by atoms with van der Waals surface area (Å²) in [6.45, 7) is 12.3. The van der Waals surface area contributed by atoms with Gasteiger partial charge in [-0.1, -0.05) is 76.7 Å². The fourth-order valence-electron chi connectivity index (χ4n) is 6.39. The summed E-state index contributed by atoms with van der Waals surface area (Å²) in [5.41, 5.74) is 4.45. The molecule has 0 spiro atoms. The number of unbranched alkanes of at least 4 members (excludes halogenated alkanes) is 6. The fourth-order valence-corrected chi connectivity index (χ4v) is 7.60. The van der Waals surface area contributed by atoms with Crippen molar-refractivity contribution in [1.82, 2.24) is 0 Å². The third-order valence-corrected chi connectivity index (χ3v) is 10.4. The number of esters is 2. The Labute approximate surface area is 325 Å². The Kier molecular flexibility index (Phi) is 17.8. The highest BCUT2D eigenvalue weighted by atomic mass is 32.1. The molecule has 54 heavy (non-hydrogen) atoms. The quantitative estimate of drug-likeness (QED) is 0.0693. The van der Waals surface area contributed by atoms with Crippen molar-refractivity contribution in [2.75, 3.05) is 31.2 Å². The minimum absolute atomic E-state index is 0.0429. The van der Waals surface area contributed by atoms with Gasteiger partial charge in [0.05, 0.1) is 13.1 Å². The second kappa shape index (κ2) is 22.2. The maximum Gasteiger partial charge on any atom is 0.302 e. The summed E-state index contributed by atoms with van der Waals surface area (Å²) < 4.78 is 16.4. The summed E-state index contributed by atoms with van der Waals surface area (Å²) in [4.78, 5) is 27.1. The van der Waals surface area contributed by atoms with Crippen molar-refractivity contribution in [3.05, 3.63) is 79.3 Å². The number of carbonyl (C=O) groups is 2. The monoisotopic (exact) mass is 750 g/mol. The van der Waals surface area contributed by atoms with Crippen LogP contribution in [0.15, 0.2) is 52.8 Å². The van der Waals surface area contributed by atoms with E-state index < -0.39 is 5.60 Å². The number of nitrogens with zero attached hydrogens (tertiary/aromatic N) is 4. The zero-order valence-corrected chi connectivity index (χ0v) is 33.6. The number of carbonyl (C=O) groups excluding carboxylic acids is 2. The number of hydrogen-bond acceptors (Lipinski definition) is 10. The predicted molar refractivity (Wildman–Crippen MR) is 216 cm³/mol. The first-order chi connectivity index (χ1) is 26.0. The number of ether oxygens (including phenoxy) is 3. The molecule has 10 heteroatoms. The van der Waals surface area contributed by atoms with Crippen molar-refractivity contribution in [2.45, 2.75) is 111 Å². The molecule has 1 aromatic heterocycles. The van der Waals surface area contributed by atoms with E-state index in [0.717, 1.165) is 54.7 Å². The van der Waals surface area contributed by atoms with E-state index in [1.807, 2.05) is 49.1 Å². The van der Waals surface area contributed by atoms with Crippen LogP contribution in [-0.2, 0) is 36.6 Å². The Hall–Kier alpha value is -5.11. The second-order valence-corrected chi connectivity index (χ2v) is 14.9. The van der Waals surface area contributed by atoms with Gasteiger partial charge in [0.15, 0.2) is 11.3 Å². The van der Waals surface area contributed by atoms with Crippen molar-refractivity contribution in [1.29, 1.82) is 15.8 Å². The highest BCUT2D eigenvalue weighted by molar-refractivity contribution is 7.14. The summed E-state index contributed by atoms with van der Waals surface area (Å²) in [5, 5.41) is 29.2. The predicted octanol–water partition coefficient (Wildman–Crippen LogP) is 10.0. The van der Waals surface area contributed by atoms with Crippen LogP contribution < -0.4 is 4.90 Å². The van der Waals surface area contributed by atoms with Gasteiger partial charge < -0.3 is 19.1 Å². The number of nitriles is 3. The minimum atomic E-state index is -0.886. The van der Waals surface area contributed by atoms with E-state index in [9.17, 15) is 25.4 Å². The third-order valence-electron chi connectivity index (χ3n) is 9.22. The molecule has 0 saturated carbocycles. The van der Waals surface area contributed by atoms with Crippen molar-refractivity contribution in [3.63, 3.8) is 0 Å². The number of allylic oxidation sites excluding steroid dienone is 2. The highest BCUT2D eigenvalue weighted by Gasteiger charge is 2.38. The number of anilines is 1. The Morgan fingerprint density at radius 1 is 0.778 bits per heavy atom. The fraction of sp³-hybridized carbons (Fsp3) is 0.477. The lowest BCUT2D eigenvalue weighted by Crippen LogP contribution is -2.31. The van der Waals surface area contributed by atoms with Crippen LogP contribution in [0.1, 0.15) is 119 Å². The van der Waals surface area contributed by atoms with E-state index in [2.05, 4.69) is 50.3 Å². The largest absolute Gasteiger partial charge is 0.480 e. The molecule has 0 amide bonds. The first-order valence-corrected chi connectivity index (χ1v) is 19.8. The molecular weight excluding hydrogens is 697 g/mol. The molecule has 0 unspecified atom stereocenters. The molecular formula is C44H54N4O5S. The van der Waals surface area contributed by atoms with Crippen LogP contribution in [0.5, 0.6) is 0 Å². The van der Waals surface area contributed by atoms with Gasteiger partial charge in [0.2, 0.25) is 0 Å². The van der Waals surface area contributed by atoms with Gasteiger partial charge in [-0.25, -0.2) is 0 Å². The lowest BCUT2D eigenvalue weighted by Gasteiger charge is -2.24. The van der Waals surface area contributed by atoms with Crippen molar-refractivity contribution < 1.29 is 23.8 Å². The molecule has 1 aromatic carbocycles. The molecule has 0 bridgehead atoms. The van der Waals surface area contributed by atoms with Gasteiger partial charge in [-0.2, -0.15) is 15.8 Å². The molecule has 0 aliphatic carbocycles. The van der Waals surface area contributed by atoms with Gasteiger partial charge in [-0.3, -0.25) is 9.59 Å². The summed E-state index contributed by atoms with van der Waals surface area (Å²) in [7, 11) is 0. The number of rotatable bonds is 21. The van der Waals surface area contributed by atoms with Gasteiger partial charge in [0.1, 0.15) is 42.6 Å². The first kappa shape index (κ1) is 43.3. The van der Waals surface area contributed by atoms with Gasteiger partial charge in [0.25, 0.3) is 0 Å². The van der Waals surface area contributed by atoms with Gasteiger partial charge in [-0.05, 0) is 80.5 Å². The van der Waals surface area contributed by atoms with Crippen molar-refractivity contribution in [2.24, 2.45) is 0 Å².